The fourth-order valence-electron chi connectivity index (χ4n) is 3.87. The third kappa shape index (κ3) is 2.87. The Morgan fingerprint density at radius 1 is 1.17 bits per heavy atom. The Morgan fingerprint density at radius 2 is 2.04 bits per heavy atom. The molecule has 1 saturated carbocycles. The standard InChI is InChI=1S/C18H22N4O/c23-18(22-9-1-2-10-22)13-3-4-14(11-13)21-17-6-8-20-16-5-7-19-12-15(16)17/h5-8,12-14H,1-4,9-11H2,(H,20,21)/t13-,14+/m1/s1. The fraction of sp³-hybridized carbons (Fsp3) is 0.500. The molecule has 5 nitrogen and oxygen atoms in total. The van der Waals surface area contributed by atoms with Crippen LogP contribution in [-0.4, -0.2) is 39.9 Å². The third-order valence-electron chi connectivity index (χ3n) is 5.10. The van der Waals surface area contributed by atoms with Crippen LogP contribution in [0.3, 0.4) is 0 Å². The van der Waals surface area contributed by atoms with Gasteiger partial charge in [0.25, 0.3) is 0 Å². The van der Waals surface area contributed by atoms with Crippen LogP contribution in [0.1, 0.15) is 32.1 Å². The maximum Gasteiger partial charge on any atom is 0.225 e. The number of anilines is 1. The maximum atomic E-state index is 12.5. The number of pyridine rings is 2. The number of aromatic nitrogens is 2. The van der Waals surface area contributed by atoms with Crippen molar-refractivity contribution >= 4 is 22.5 Å². The highest BCUT2D eigenvalue weighted by molar-refractivity contribution is 5.90. The second-order valence-corrected chi connectivity index (χ2v) is 6.63. The molecule has 0 unspecified atom stereocenters. The minimum atomic E-state index is 0.192. The molecule has 4 rings (SSSR count). The number of nitrogens with one attached hydrogen (secondary N) is 1. The average molecular weight is 310 g/mol. The lowest BCUT2D eigenvalue weighted by molar-refractivity contribution is -0.134. The van der Waals surface area contributed by atoms with Gasteiger partial charge in [-0.15, -0.1) is 0 Å². The first-order chi connectivity index (χ1) is 11.3. The number of rotatable bonds is 3. The van der Waals surface area contributed by atoms with Gasteiger partial charge in [0.2, 0.25) is 5.91 Å². The summed E-state index contributed by atoms with van der Waals surface area (Å²) in [5.74, 6) is 0.560. The van der Waals surface area contributed by atoms with Crippen molar-refractivity contribution in [1.29, 1.82) is 0 Å². The molecule has 2 fully saturated rings. The van der Waals surface area contributed by atoms with Crippen molar-refractivity contribution in [2.24, 2.45) is 5.92 Å². The first-order valence-electron chi connectivity index (χ1n) is 8.55. The molecule has 2 aromatic heterocycles. The summed E-state index contributed by atoms with van der Waals surface area (Å²) < 4.78 is 0. The predicted molar refractivity (Wildman–Crippen MR) is 90.1 cm³/mol. The first-order valence-corrected chi connectivity index (χ1v) is 8.55. The molecule has 3 heterocycles. The molecule has 0 aromatic carbocycles. The number of hydrogen-bond donors (Lipinski definition) is 1. The van der Waals surface area contributed by atoms with E-state index in [2.05, 4.69) is 20.2 Å². The molecule has 5 heteroatoms. The van der Waals surface area contributed by atoms with Crippen molar-refractivity contribution in [2.45, 2.75) is 38.1 Å². The van der Waals surface area contributed by atoms with E-state index in [1.54, 1.807) is 6.20 Å². The topological polar surface area (TPSA) is 58.1 Å². The van der Waals surface area contributed by atoms with Crippen molar-refractivity contribution in [2.75, 3.05) is 18.4 Å². The summed E-state index contributed by atoms with van der Waals surface area (Å²) in [5.41, 5.74) is 2.02. The Hall–Kier alpha value is -2.17. The number of nitrogens with zero attached hydrogens (tertiary/aromatic N) is 3. The van der Waals surface area contributed by atoms with Crippen molar-refractivity contribution in [1.82, 2.24) is 14.9 Å². The lowest BCUT2D eigenvalue weighted by Crippen LogP contribution is -2.33. The number of amides is 1. The van der Waals surface area contributed by atoms with Crippen molar-refractivity contribution < 1.29 is 4.79 Å². The van der Waals surface area contributed by atoms with Crippen molar-refractivity contribution in [3.8, 4) is 0 Å². The molecule has 2 atom stereocenters. The highest BCUT2D eigenvalue weighted by atomic mass is 16.2. The van der Waals surface area contributed by atoms with E-state index < -0.39 is 0 Å². The van der Waals surface area contributed by atoms with Gasteiger partial charge in [0.1, 0.15) is 0 Å². The van der Waals surface area contributed by atoms with E-state index in [-0.39, 0.29) is 5.92 Å². The SMILES string of the molecule is O=C([C@@H]1CC[C@H](Nc2ccnc3ccncc23)C1)N1CCCC1. The lowest BCUT2D eigenvalue weighted by atomic mass is 10.1. The molecule has 2 aliphatic rings. The van der Waals surface area contributed by atoms with E-state index in [9.17, 15) is 4.79 Å². The Labute approximate surface area is 136 Å². The molecule has 1 aliphatic carbocycles. The van der Waals surface area contributed by atoms with Crippen LogP contribution in [-0.2, 0) is 4.79 Å². The predicted octanol–water partition coefficient (Wildman–Crippen LogP) is 2.83. The summed E-state index contributed by atoms with van der Waals surface area (Å²) in [5, 5.41) is 4.65. The van der Waals surface area contributed by atoms with E-state index in [4.69, 9.17) is 0 Å². The molecule has 1 saturated heterocycles. The van der Waals surface area contributed by atoms with Gasteiger partial charge in [0.05, 0.1) is 5.52 Å². The Kier molecular flexibility index (Phi) is 3.85. The van der Waals surface area contributed by atoms with E-state index in [1.807, 2.05) is 24.5 Å². The summed E-state index contributed by atoms with van der Waals surface area (Å²) in [6.07, 6.45) is 10.7. The summed E-state index contributed by atoms with van der Waals surface area (Å²) in [7, 11) is 0. The minimum absolute atomic E-state index is 0.192. The second kappa shape index (κ2) is 6.14. The van der Waals surface area contributed by atoms with Crippen LogP contribution >= 0.6 is 0 Å². The first kappa shape index (κ1) is 14.4. The number of carbonyl (C=O) groups excluding carboxylic acids is 1. The van der Waals surface area contributed by atoms with E-state index in [0.717, 1.165) is 61.8 Å². The van der Waals surface area contributed by atoms with Gasteiger partial charge in [0.15, 0.2) is 0 Å². The molecule has 1 N–H and O–H groups in total. The zero-order chi connectivity index (χ0) is 15.6. The number of fused-ring (bicyclic) bond motifs is 1. The van der Waals surface area contributed by atoms with E-state index >= 15 is 0 Å². The van der Waals surface area contributed by atoms with Gasteiger partial charge in [-0.25, -0.2) is 0 Å². The van der Waals surface area contributed by atoms with Gasteiger partial charge in [-0.05, 0) is 44.2 Å². The number of hydrogen-bond acceptors (Lipinski definition) is 4. The molecule has 2 aromatic rings. The van der Waals surface area contributed by atoms with Crippen LogP contribution in [0.2, 0.25) is 0 Å². The monoisotopic (exact) mass is 310 g/mol. The van der Waals surface area contributed by atoms with Crippen LogP contribution in [0.4, 0.5) is 5.69 Å². The molecule has 120 valence electrons. The molecule has 23 heavy (non-hydrogen) atoms. The van der Waals surface area contributed by atoms with Gasteiger partial charge in [-0.2, -0.15) is 0 Å². The normalized spacial score (nSPS) is 24.3. The van der Waals surface area contributed by atoms with Crippen LogP contribution in [0.15, 0.2) is 30.7 Å². The Morgan fingerprint density at radius 3 is 2.91 bits per heavy atom. The van der Waals surface area contributed by atoms with E-state index in [0.29, 0.717) is 11.9 Å². The smallest absolute Gasteiger partial charge is 0.225 e. The third-order valence-corrected chi connectivity index (χ3v) is 5.10. The fourth-order valence-corrected chi connectivity index (χ4v) is 3.87. The molecule has 0 spiro atoms. The van der Waals surface area contributed by atoms with Gasteiger partial charge < -0.3 is 10.2 Å². The van der Waals surface area contributed by atoms with Crippen molar-refractivity contribution in [3.63, 3.8) is 0 Å². The van der Waals surface area contributed by atoms with Gasteiger partial charge in [0, 0.05) is 54.7 Å². The zero-order valence-electron chi connectivity index (χ0n) is 13.2. The lowest BCUT2D eigenvalue weighted by Gasteiger charge is -2.20. The van der Waals surface area contributed by atoms with E-state index in [1.165, 1.54) is 0 Å². The molecule has 0 bridgehead atoms. The zero-order valence-corrected chi connectivity index (χ0v) is 13.2. The average Bonchev–Trinajstić information content (AvgIpc) is 3.27. The Bertz CT molecular complexity index is 706. The van der Waals surface area contributed by atoms with Crippen LogP contribution in [0, 0.1) is 5.92 Å². The quantitative estimate of drug-likeness (QED) is 0.947. The highest BCUT2D eigenvalue weighted by Crippen LogP contribution is 2.32. The minimum Gasteiger partial charge on any atom is -0.382 e. The molecule has 1 amide bonds. The largest absolute Gasteiger partial charge is 0.382 e. The highest BCUT2D eigenvalue weighted by Gasteiger charge is 2.33. The van der Waals surface area contributed by atoms with Crippen LogP contribution in [0.25, 0.3) is 10.9 Å². The van der Waals surface area contributed by atoms with Crippen LogP contribution < -0.4 is 5.32 Å². The summed E-state index contributed by atoms with van der Waals surface area (Å²) >= 11 is 0. The van der Waals surface area contributed by atoms with Gasteiger partial charge in [-0.3, -0.25) is 14.8 Å². The number of likely N-dealkylation sites (tertiary alicyclic amines) is 1. The van der Waals surface area contributed by atoms with Gasteiger partial charge in [-0.1, -0.05) is 0 Å². The number of carbonyl (C=O) groups is 1. The summed E-state index contributed by atoms with van der Waals surface area (Å²) in [4.78, 5) is 23.2. The molecular weight excluding hydrogens is 288 g/mol. The summed E-state index contributed by atoms with van der Waals surface area (Å²) in [6, 6.07) is 4.28. The summed E-state index contributed by atoms with van der Waals surface area (Å²) in [6.45, 7) is 1.90. The van der Waals surface area contributed by atoms with Gasteiger partial charge >= 0.3 is 0 Å². The maximum absolute atomic E-state index is 12.5. The molecular formula is C18H22N4O. The Balaban J connectivity index is 1.44. The van der Waals surface area contributed by atoms with Crippen LogP contribution in [0.5, 0.6) is 0 Å². The molecule has 0 radical (unpaired) electrons. The second-order valence-electron chi connectivity index (χ2n) is 6.63. The molecule has 1 aliphatic heterocycles. The van der Waals surface area contributed by atoms with Crippen molar-refractivity contribution in [3.05, 3.63) is 30.7 Å².